The van der Waals surface area contributed by atoms with Crippen LogP contribution in [0.5, 0.6) is 0 Å². The Morgan fingerprint density at radius 1 is 1.56 bits per heavy atom. The quantitative estimate of drug-likeness (QED) is 0.810. The van der Waals surface area contributed by atoms with E-state index in [0.29, 0.717) is 17.9 Å². The van der Waals surface area contributed by atoms with E-state index in [1.54, 1.807) is 19.1 Å². The molecule has 0 fully saturated rings. The number of nitrogens with one attached hydrogen (secondary N) is 1. The Bertz CT molecular complexity index is 381. The fourth-order valence-electron chi connectivity index (χ4n) is 1.36. The van der Waals surface area contributed by atoms with Crippen LogP contribution >= 0.6 is 11.6 Å². The van der Waals surface area contributed by atoms with Gasteiger partial charge in [0.1, 0.15) is 5.82 Å². The zero-order valence-corrected chi connectivity index (χ0v) is 10.1. The highest BCUT2D eigenvalue weighted by atomic mass is 35.5. The number of aryl methyl sites for hydroxylation is 1. The standard InChI is InChI=1S/C12H15ClFNO/c1-8-4-3-5-10(11(8)14)12(16)15-9(2)6-7-13/h3-5,9H,6-7H2,1-2H3,(H,15,16). The molecule has 0 aromatic heterocycles. The molecule has 0 bridgehead atoms. The highest BCUT2D eigenvalue weighted by Gasteiger charge is 2.14. The number of alkyl halides is 1. The van der Waals surface area contributed by atoms with Gasteiger partial charge in [-0.25, -0.2) is 4.39 Å². The van der Waals surface area contributed by atoms with E-state index in [0.717, 1.165) is 0 Å². The van der Waals surface area contributed by atoms with Gasteiger partial charge in [0.2, 0.25) is 0 Å². The topological polar surface area (TPSA) is 29.1 Å². The highest BCUT2D eigenvalue weighted by molar-refractivity contribution is 6.17. The molecule has 0 radical (unpaired) electrons. The fraction of sp³-hybridized carbons (Fsp3) is 0.417. The van der Waals surface area contributed by atoms with Gasteiger partial charge in [-0.3, -0.25) is 4.79 Å². The molecule has 0 aliphatic carbocycles. The summed E-state index contributed by atoms with van der Waals surface area (Å²) in [6, 6.07) is 4.73. The Morgan fingerprint density at radius 3 is 2.88 bits per heavy atom. The van der Waals surface area contributed by atoms with Gasteiger partial charge in [0.15, 0.2) is 0 Å². The Kier molecular flexibility index (Phi) is 4.74. The van der Waals surface area contributed by atoms with Crippen LogP contribution in [-0.2, 0) is 0 Å². The predicted octanol–water partition coefficient (Wildman–Crippen LogP) is 2.88. The lowest BCUT2D eigenvalue weighted by Gasteiger charge is -2.13. The van der Waals surface area contributed by atoms with E-state index in [1.807, 2.05) is 6.92 Å². The zero-order valence-electron chi connectivity index (χ0n) is 9.39. The molecule has 2 nitrogen and oxygen atoms in total. The fourth-order valence-corrected chi connectivity index (χ4v) is 1.69. The molecule has 4 heteroatoms. The normalized spacial score (nSPS) is 12.2. The average Bonchev–Trinajstić information content (AvgIpc) is 2.22. The maximum absolute atomic E-state index is 13.6. The van der Waals surface area contributed by atoms with E-state index < -0.39 is 5.82 Å². The highest BCUT2D eigenvalue weighted by Crippen LogP contribution is 2.12. The van der Waals surface area contributed by atoms with Gasteiger partial charge in [0.05, 0.1) is 5.56 Å². The second-order valence-corrected chi connectivity index (χ2v) is 4.17. The molecule has 1 rings (SSSR count). The molecule has 1 aromatic rings. The van der Waals surface area contributed by atoms with E-state index >= 15 is 0 Å². The van der Waals surface area contributed by atoms with Crippen LogP contribution in [-0.4, -0.2) is 17.8 Å². The minimum Gasteiger partial charge on any atom is -0.349 e. The summed E-state index contributed by atoms with van der Waals surface area (Å²) >= 11 is 5.56. The average molecular weight is 244 g/mol. The summed E-state index contributed by atoms with van der Waals surface area (Å²) in [7, 11) is 0. The molecule has 1 unspecified atom stereocenters. The summed E-state index contributed by atoms with van der Waals surface area (Å²) in [5.41, 5.74) is 0.555. The molecular formula is C12H15ClFNO. The van der Waals surface area contributed by atoms with Crippen molar-refractivity contribution < 1.29 is 9.18 Å². The van der Waals surface area contributed by atoms with Gasteiger partial charge in [-0.05, 0) is 31.9 Å². The molecule has 16 heavy (non-hydrogen) atoms. The Morgan fingerprint density at radius 2 is 2.25 bits per heavy atom. The van der Waals surface area contributed by atoms with Gasteiger partial charge in [-0.15, -0.1) is 11.6 Å². The van der Waals surface area contributed by atoms with Crippen molar-refractivity contribution in [1.29, 1.82) is 0 Å². The second-order valence-electron chi connectivity index (χ2n) is 3.79. The van der Waals surface area contributed by atoms with E-state index in [9.17, 15) is 9.18 Å². The summed E-state index contributed by atoms with van der Waals surface area (Å²) in [4.78, 5) is 11.7. The lowest BCUT2D eigenvalue weighted by atomic mass is 10.1. The lowest BCUT2D eigenvalue weighted by molar-refractivity contribution is 0.0935. The number of hydrogen-bond donors (Lipinski definition) is 1. The van der Waals surface area contributed by atoms with Crippen LogP contribution in [0.15, 0.2) is 18.2 Å². The number of amides is 1. The molecular weight excluding hydrogens is 229 g/mol. The number of carbonyl (C=O) groups excluding carboxylic acids is 1. The first-order chi connectivity index (χ1) is 7.56. The van der Waals surface area contributed by atoms with Crippen molar-refractivity contribution >= 4 is 17.5 Å². The first-order valence-electron chi connectivity index (χ1n) is 5.18. The van der Waals surface area contributed by atoms with Crippen molar-refractivity contribution in [1.82, 2.24) is 5.32 Å². The van der Waals surface area contributed by atoms with Crippen molar-refractivity contribution in [3.05, 3.63) is 35.1 Å². The third kappa shape index (κ3) is 3.20. The monoisotopic (exact) mass is 243 g/mol. The summed E-state index contributed by atoms with van der Waals surface area (Å²) < 4.78 is 13.6. The van der Waals surface area contributed by atoms with Gasteiger partial charge in [0, 0.05) is 11.9 Å². The van der Waals surface area contributed by atoms with Gasteiger partial charge in [-0.2, -0.15) is 0 Å². The van der Waals surface area contributed by atoms with Gasteiger partial charge in [0.25, 0.3) is 5.91 Å². The number of hydrogen-bond acceptors (Lipinski definition) is 1. The molecule has 0 heterocycles. The van der Waals surface area contributed by atoms with Crippen LogP contribution in [0.2, 0.25) is 0 Å². The largest absolute Gasteiger partial charge is 0.349 e. The molecule has 1 aromatic carbocycles. The third-order valence-electron chi connectivity index (χ3n) is 2.36. The van der Waals surface area contributed by atoms with Gasteiger partial charge in [-0.1, -0.05) is 12.1 Å². The van der Waals surface area contributed by atoms with Crippen LogP contribution in [0.25, 0.3) is 0 Å². The van der Waals surface area contributed by atoms with Crippen LogP contribution in [0.4, 0.5) is 4.39 Å². The molecule has 0 saturated heterocycles. The third-order valence-corrected chi connectivity index (χ3v) is 2.57. The molecule has 1 N–H and O–H groups in total. The first kappa shape index (κ1) is 13.0. The van der Waals surface area contributed by atoms with Crippen molar-refractivity contribution in [2.45, 2.75) is 26.3 Å². The van der Waals surface area contributed by atoms with Crippen LogP contribution in [0.1, 0.15) is 29.3 Å². The Hall–Kier alpha value is -1.09. The van der Waals surface area contributed by atoms with Gasteiger partial charge >= 0.3 is 0 Å². The maximum atomic E-state index is 13.6. The molecule has 0 spiro atoms. The summed E-state index contributed by atoms with van der Waals surface area (Å²) in [6.45, 7) is 3.47. The minimum absolute atomic E-state index is 0.0510. The zero-order chi connectivity index (χ0) is 12.1. The molecule has 1 amide bonds. The minimum atomic E-state index is -0.460. The number of carbonyl (C=O) groups is 1. The number of rotatable bonds is 4. The number of halogens is 2. The molecule has 0 aliphatic heterocycles. The van der Waals surface area contributed by atoms with Crippen molar-refractivity contribution in [2.24, 2.45) is 0 Å². The molecule has 0 aliphatic rings. The van der Waals surface area contributed by atoms with Crippen molar-refractivity contribution in [3.8, 4) is 0 Å². The van der Waals surface area contributed by atoms with E-state index in [4.69, 9.17) is 11.6 Å². The van der Waals surface area contributed by atoms with Gasteiger partial charge < -0.3 is 5.32 Å². The van der Waals surface area contributed by atoms with E-state index in [1.165, 1.54) is 6.07 Å². The summed E-state index contributed by atoms with van der Waals surface area (Å²) in [6.07, 6.45) is 0.667. The second kappa shape index (κ2) is 5.85. The van der Waals surface area contributed by atoms with E-state index in [-0.39, 0.29) is 17.5 Å². The number of benzene rings is 1. The van der Waals surface area contributed by atoms with Crippen molar-refractivity contribution in [2.75, 3.05) is 5.88 Å². The summed E-state index contributed by atoms with van der Waals surface area (Å²) in [5.74, 6) is -0.380. The smallest absolute Gasteiger partial charge is 0.254 e. The lowest BCUT2D eigenvalue weighted by Crippen LogP contribution is -2.33. The maximum Gasteiger partial charge on any atom is 0.254 e. The van der Waals surface area contributed by atoms with Crippen LogP contribution < -0.4 is 5.32 Å². The molecule has 1 atom stereocenters. The Labute approximate surface area is 99.8 Å². The predicted molar refractivity (Wildman–Crippen MR) is 63.4 cm³/mol. The first-order valence-corrected chi connectivity index (χ1v) is 5.71. The molecule has 0 saturated carbocycles. The van der Waals surface area contributed by atoms with Crippen LogP contribution in [0.3, 0.4) is 0 Å². The SMILES string of the molecule is Cc1cccc(C(=O)NC(C)CCCl)c1F. The summed E-state index contributed by atoms with van der Waals surface area (Å²) in [5, 5.41) is 2.70. The van der Waals surface area contributed by atoms with Crippen LogP contribution in [0, 0.1) is 12.7 Å². The van der Waals surface area contributed by atoms with Crippen molar-refractivity contribution in [3.63, 3.8) is 0 Å². The molecule has 88 valence electrons. The Balaban J connectivity index is 2.77. The van der Waals surface area contributed by atoms with E-state index in [2.05, 4.69) is 5.32 Å².